The van der Waals surface area contributed by atoms with Crippen LogP contribution in [-0.2, 0) is 6.54 Å². The van der Waals surface area contributed by atoms with E-state index in [9.17, 15) is 0 Å². The predicted molar refractivity (Wildman–Crippen MR) is 115 cm³/mol. The van der Waals surface area contributed by atoms with Gasteiger partial charge in [-0.05, 0) is 48.9 Å². The zero-order valence-corrected chi connectivity index (χ0v) is 17.4. The van der Waals surface area contributed by atoms with Gasteiger partial charge in [0, 0.05) is 18.8 Å². The Hall–Kier alpha value is -2.76. The van der Waals surface area contributed by atoms with Crippen LogP contribution in [0.3, 0.4) is 0 Å². The number of para-hydroxylation sites is 1. The average Bonchev–Trinajstić information content (AvgIpc) is 2.77. The Morgan fingerprint density at radius 2 is 1.69 bits per heavy atom. The van der Waals surface area contributed by atoms with Crippen LogP contribution in [0, 0.1) is 0 Å². The molecule has 0 aliphatic heterocycles. The number of methoxy groups -OCH3 is 1. The second-order valence-corrected chi connectivity index (χ2v) is 6.88. The predicted octanol–water partition coefficient (Wildman–Crippen LogP) is 5.05. The Bertz CT molecular complexity index is 906. The lowest BCUT2D eigenvalue weighted by Crippen LogP contribution is -2.19. The van der Waals surface area contributed by atoms with Crippen molar-refractivity contribution in [3.8, 4) is 17.2 Å². The van der Waals surface area contributed by atoms with Crippen molar-refractivity contribution >= 4 is 11.6 Å². The summed E-state index contributed by atoms with van der Waals surface area (Å²) in [4.78, 5) is 4.38. The zero-order valence-electron chi connectivity index (χ0n) is 16.6. The van der Waals surface area contributed by atoms with E-state index in [4.69, 9.17) is 25.8 Å². The van der Waals surface area contributed by atoms with Crippen LogP contribution in [-0.4, -0.2) is 25.3 Å². The first-order valence-electron chi connectivity index (χ1n) is 9.48. The molecule has 0 amide bonds. The van der Waals surface area contributed by atoms with Crippen LogP contribution >= 0.6 is 11.6 Å². The van der Waals surface area contributed by atoms with E-state index in [0.29, 0.717) is 42.0 Å². The van der Waals surface area contributed by atoms with Crippen molar-refractivity contribution in [1.29, 1.82) is 0 Å². The molecule has 3 rings (SSSR count). The van der Waals surface area contributed by atoms with Crippen LogP contribution in [0.4, 0.5) is 0 Å². The molecule has 0 aliphatic carbocycles. The zero-order chi connectivity index (χ0) is 20.5. The molecule has 0 unspecified atom stereocenters. The third-order valence-corrected chi connectivity index (χ3v) is 4.72. The van der Waals surface area contributed by atoms with Crippen molar-refractivity contribution in [3.63, 3.8) is 0 Å². The van der Waals surface area contributed by atoms with Gasteiger partial charge in [0.05, 0.1) is 17.8 Å². The quantitative estimate of drug-likeness (QED) is 0.472. The molecule has 29 heavy (non-hydrogen) atoms. The van der Waals surface area contributed by atoms with E-state index in [-0.39, 0.29) is 6.04 Å². The van der Waals surface area contributed by atoms with Crippen LogP contribution in [0.25, 0.3) is 0 Å². The smallest absolute Gasteiger partial charge is 0.161 e. The summed E-state index contributed by atoms with van der Waals surface area (Å²) >= 11 is 6.08. The second kappa shape index (κ2) is 10.7. The summed E-state index contributed by atoms with van der Waals surface area (Å²) in [6.07, 6.45) is 1.80. The maximum absolute atomic E-state index is 6.08. The summed E-state index contributed by atoms with van der Waals surface area (Å²) in [5, 5.41) is 4.06. The van der Waals surface area contributed by atoms with Crippen molar-refractivity contribution < 1.29 is 14.2 Å². The fraction of sp³-hybridized carbons (Fsp3) is 0.261. The summed E-state index contributed by atoms with van der Waals surface area (Å²) < 4.78 is 16.9. The van der Waals surface area contributed by atoms with E-state index in [1.807, 2.05) is 54.6 Å². The monoisotopic (exact) mass is 412 g/mol. The standard InChI is InChI=1S/C23H25ClN2O3/c1-17(20-8-5-6-12-25-20)26-16-18-10-11-22(23(15-18)27-2)29-14-13-28-21-9-4-3-7-19(21)24/h3-12,15,17,26H,13-14,16H2,1-2H3/t17-/m1/s1. The minimum absolute atomic E-state index is 0.153. The number of halogens is 1. The molecule has 0 saturated carbocycles. The van der Waals surface area contributed by atoms with E-state index >= 15 is 0 Å². The minimum atomic E-state index is 0.153. The highest BCUT2D eigenvalue weighted by Gasteiger charge is 2.09. The van der Waals surface area contributed by atoms with E-state index in [1.54, 1.807) is 19.4 Å². The van der Waals surface area contributed by atoms with Gasteiger partial charge in [-0.2, -0.15) is 0 Å². The fourth-order valence-electron chi connectivity index (χ4n) is 2.81. The Morgan fingerprint density at radius 1 is 0.931 bits per heavy atom. The number of rotatable bonds is 10. The van der Waals surface area contributed by atoms with Crippen molar-refractivity contribution in [2.24, 2.45) is 0 Å². The molecule has 6 heteroatoms. The van der Waals surface area contributed by atoms with Crippen LogP contribution < -0.4 is 19.5 Å². The van der Waals surface area contributed by atoms with Crippen molar-refractivity contribution in [2.75, 3.05) is 20.3 Å². The molecule has 152 valence electrons. The molecule has 2 aromatic carbocycles. The Balaban J connectivity index is 1.51. The summed E-state index contributed by atoms with van der Waals surface area (Å²) in [7, 11) is 1.64. The van der Waals surface area contributed by atoms with Gasteiger partial charge in [0.25, 0.3) is 0 Å². The van der Waals surface area contributed by atoms with Crippen molar-refractivity contribution in [2.45, 2.75) is 19.5 Å². The van der Waals surface area contributed by atoms with E-state index in [0.717, 1.165) is 11.3 Å². The molecule has 0 spiro atoms. The molecular weight excluding hydrogens is 388 g/mol. The Kier molecular flexibility index (Phi) is 7.73. The molecule has 0 saturated heterocycles. The third-order valence-electron chi connectivity index (χ3n) is 4.41. The van der Waals surface area contributed by atoms with E-state index in [1.165, 1.54) is 0 Å². The lowest BCUT2D eigenvalue weighted by atomic mass is 10.1. The number of hydrogen-bond acceptors (Lipinski definition) is 5. The lowest BCUT2D eigenvalue weighted by Gasteiger charge is -2.15. The lowest BCUT2D eigenvalue weighted by molar-refractivity contribution is 0.211. The highest BCUT2D eigenvalue weighted by Crippen LogP contribution is 2.28. The highest BCUT2D eigenvalue weighted by atomic mass is 35.5. The number of pyridine rings is 1. The van der Waals surface area contributed by atoms with Crippen molar-refractivity contribution in [3.05, 3.63) is 83.1 Å². The number of benzene rings is 2. The molecule has 1 atom stereocenters. The number of nitrogens with one attached hydrogen (secondary N) is 1. The molecule has 1 heterocycles. The largest absolute Gasteiger partial charge is 0.493 e. The van der Waals surface area contributed by atoms with Gasteiger partial charge in [0.15, 0.2) is 11.5 Å². The van der Waals surface area contributed by atoms with E-state index in [2.05, 4.69) is 17.2 Å². The van der Waals surface area contributed by atoms with Gasteiger partial charge in [-0.15, -0.1) is 0 Å². The molecule has 0 fully saturated rings. The van der Waals surface area contributed by atoms with Crippen LogP contribution in [0.15, 0.2) is 66.9 Å². The van der Waals surface area contributed by atoms with Gasteiger partial charge in [-0.25, -0.2) is 0 Å². The molecule has 5 nitrogen and oxygen atoms in total. The minimum Gasteiger partial charge on any atom is -0.493 e. The first kappa shape index (κ1) is 21.0. The highest BCUT2D eigenvalue weighted by molar-refractivity contribution is 6.32. The summed E-state index contributed by atoms with van der Waals surface area (Å²) in [6.45, 7) is 3.56. The second-order valence-electron chi connectivity index (χ2n) is 6.47. The normalized spacial score (nSPS) is 11.7. The number of aromatic nitrogens is 1. The molecule has 0 radical (unpaired) electrons. The fourth-order valence-corrected chi connectivity index (χ4v) is 3.00. The molecule has 0 bridgehead atoms. The van der Waals surface area contributed by atoms with Gasteiger partial charge >= 0.3 is 0 Å². The molecule has 3 aromatic rings. The van der Waals surface area contributed by atoms with E-state index < -0.39 is 0 Å². The summed E-state index contributed by atoms with van der Waals surface area (Å²) in [6, 6.07) is 19.4. The van der Waals surface area contributed by atoms with Crippen molar-refractivity contribution in [1.82, 2.24) is 10.3 Å². The summed E-state index contributed by atoms with van der Waals surface area (Å²) in [5.41, 5.74) is 2.11. The average molecular weight is 413 g/mol. The number of ether oxygens (including phenoxy) is 3. The first-order valence-corrected chi connectivity index (χ1v) is 9.86. The van der Waals surface area contributed by atoms with Crippen LogP contribution in [0.5, 0.6) is 17.2 Å². The van der Waals surface area contributed by atoms with Gasteiger partial charge in [0.2, 0.25) is 0 Å². The molecule has 1 N–H and O–H groups in total. The van der Waals surface area contributed by atoms with Gasteiger partial charge < -0.3 is 19.5 Å². The maximum Gasteiger partial charge on any atom is 0.161 e. The van der Waals surface area contributed by atoms with Crippen LogP contribution in [0.1, 0.15) is 24.2 Å². The van der Waals surface area contributed by atoms with Crippen LogP contribution in [0.2, 0.25) is 5.02 Å². The maximum atomic E-state index is 6.08. The Labute approximate surface area is 176 Å². The summed E-state index contributed by atoms with van der Waals surface area (Å²) in [5.74, 6) is 2.01. The molecule has 1 aromatic heterocycles. The topological polar surface area (TPSA) is 52.6 Å². The third kappa shape index (κ3) is 6.11. The van der Waals surface area contributed by atoms with Gasteiger partial charge in [-0.1, -0.05) is 35.9 Å². The van der Waals surface area contributed by atoms with Gasteiger partial charge in [-0.3, -0.25) is 4.98 Å². The Morgan fingerprint density at radius 3 is 2.41 bits per heavy atom. The first-order chi connectivity index (χ1) is 14.2. The number of hydrogen-bond donors (Lipinski definition) is 1. The molecule has 0 aliphatic rings. The number of nitrogens with zero attached hydrogens (tertiary/aromatic N) is 1. The SMILES string of the molecule is COc1cc(CN[C@H](C)c2ccccn2)ccc1OCCOc1ccccc1Cl. The molecular formula is C23H25ClN2O3. The van der Waals surface area contributed by atoms with Gasteiger partial charge in [0.1, 0.15) is 19.0 Å².